The second-order valence-corrected chi connectivity index (χ2v) is 5.67. The van der Waals surface area contributed by atoms with E-state index in [1.165, 1.54) is 0 Å². The molecule has 1 aromatic heterocycles. The molecule has 4 nitrogen and oxygen atoms in total. The number of nitrogens with one attached hydrogen (secondary N) is 2. The number of rotatable bonds is 2. The van der Waals surface area contributed by atoms with Crippen LogP contribution in [0.15, 0.2) is 16.6 Å². The Balaban J connectivity index is 2.04. The Morgan fingerprint density at radius 2 is 2.33 bits per heavy atom. The van der Waals surface area contributed by atoms with Crippen LogP contribution >= 0.6 is 15.9 Å². The summed E-state index contributed by atoms with van der Waals surface area (Å²) < 4.78 is 0.923. The van der Waals surface area contributed by atoms with Crippen LogP contribution in [0.1, 0.15) is 29.5 Å². The minimum atomic E-state index is -0.0915. The predicted octanol–water partition coefficient (Wildman–Crippen LogP) is 1.88. The molecule has 1 saturated heterocycles. The standard InChI is InChI=1S/C13H18BrN3O/c1-8-5-6-15-7-12(8)17-13(18)11-4-3-10(14)9(2)16-11/h3-4,8,12,15H,5-7H2,1-2H3,(H,17,18). The minimum Gasteiger partial charge on any atom is -0.346 e. The Morgan fingerprint density at radius 3 is 3.00 bits per heavy atom. The molecule has 2 heterocycles. The highest BCUT2D eigenvalue weighted by Gasteiger charge is 2.23. The SMILES string of the molecule is Cc1nc(C(=O)NC2CNCCC2C)ccc1Br. The van der Waals surface area contributed by atoms with Crippen molar-refractivity contribution in [2.75, 3.05) is 13.1 Å². The van der Waals surface area contributed by atoms with E-state index in [2.05, 4.69) is 38.5 Å². The molecule has 18 heavy (non-hydrogen) atoms. The fourth-order valence-electron chi connectivity index (χ4n) is 2.10. The van der Waals surface area contributed by atoms with Crippen molar-refractivity contribution in [3.63, 3.8) is 0 Å². The molecule has 98 valence electrons. The van der Waals surface area contributed by atoms with Gasteiger partial charge in [-0.05, 0) is 53.9 Å². The highest BCUT2D eigenvalue weighted by Crippen LogP contribution is 2.15. The summed E-state index contributed by atoms with van der Waals surface area (Å²) in [6, 6.07) is 3.80. The van der Waals surface area contributed by atoms with Crippen molar-refractivity contribution in [3.8, 4) is 0 Å². The topological polar surface area (TPSA) is 54.0 Å². The highest BCUT2D eigenvalue weighted by atomic mass is 79.9. The Hall–Kier alpha value is -0.940. The van der Waals surface area contributed by atoms with E-state index >= 15 is 0 Å². The summed E-state index contributed by atoms with van der Waals surface area (Å²) in [5, 5.41) is 6.35. The molecule has 2 atom stereocenters. The second kappa shape index (κ2) is 5.80. The van der Waals surface area contributed by atoms with Crippen molar-refractivity contribution in [2.24, 2.45) is 5.92 Å². The number of piperidine rings is 1. The number of aryl methyl sites for hydroxylation is 1. The van der Waals surface area contributed by atoms with E-state index in [1.807, 2.05) is 13.0 Å². The minimum absolute atomic E-state index is 0.0915. The Kier molecular flexibility index (Phi) is 4.35. The quantitative estimate of drug-likeness (QED) is 0.877. The van der Waals surface area contributed by atoms with Gasteiger partial charge in [-0.2, -0.15) is 0 Å². The van der Waals surface area contributed by atoms with Gasteiger partial charge in [-0.15, -0.1) is 0 Å². The lowest BCUT2D eigenvalue weighted by Gasteiger charge is -2.30. The average Bonchev–Trinajstić information content (AvgIpc) is 2.35. The number of carbonyl (C=O) groups is 1. The number of hydrogen-bond acceptors (Lipinski definition) is 3. The smallest absolute Gasteiger partial charge is 0.270 e. The van der Waals surface area contributed by atoms with Crippen molar-refractivity contribution in [2.45, 2.75) is 26.3 Å². The number of carbonyl (C=O) groups excluding carboxylic acids is 1. The number of hydrogen-bond donors (Lipinski definition) is 2. The molecule has 0 saturated carbocycles. The van der Waals surface area contributed by atoms with Crippen LogP contribution in [-0.4, -0.2) is 30.0 Å². The van der Waals surface area contributed by atoms with Gasteiger partial charge in [-0.3, -0.25) is 4.79 Å². The fourth-order valence-corrected chi connectivity index (χ4v) is 2.32. The van der Waals surface area contributed by atoms with E-state index in [9.17, 15) is 4.79 Å². The first-order valence-corrected chi connectivity index (χ1v) is 7.02. The van der Waals surface area contributed by atoms with Gasteiger partial charge in [0.1, 0.15) is 5.69 Å². The molecular weight excluding hydrogens is 294 g/mol. The highest BCUT2D eigenvalue weighted by molar-refractivity contribution is 9.10. The van der Waals surface area contributed by atoms with Crippen molar-refractivity contribution in [3.05, 3.63) is 28.0 Å². The lowest BCUT2D eigenvalue weighted by molar-refractivity contribution is 0.0910. The first kappa shape index (κ1) is 13.5. The zero-order valence-electron chi connectivity index (χ0n) is 10.7. The lowest BCUT2D eigenvalue weighted by Crippen LogP contribution is -2.50. The maximum Gasteiger partial charge on any atom is 0.270 e. The largest absolute Gasteiger partial charge is 0.346 e. The number of nitrogens with zero attached hydrogens (tertiary/aromatic N) is 1. The van der Waals surface area contributed by atoms with Crippen LogP contribution in [0.25, 0.3) is 0 Å². The number of amides is 1. The summed E-state index contributed by atoms with van der Waals surface area (Å²) in [6.07, 6.45) is 1.09. The number of aromatic nitrogens is 1. The van der Waals surface area contributed by atoms with Gasteiger partial charge in [0.05, 0.1) is 5.69 Å². The third-order valence-electron chi connectivity index (χ3n) is 3.40. The summed E-state index contributed by atoms with van der Waals surface area (Å²) >= 11 is 3.38. The lowest BCUT2D eigenvalue weighted by atomic mass is 9.95. The molecule has 2 N–H and O–H groups in total. The molecule has 1 fully saturated rings. The summed E-state index contributed by atoms with van der Waals surface area (Å²) in [5.41, 5.74) is 1.31. The maximum absolute atomic E-state index is 12.1. The summed E-state index contributed by atoms with van der Waals surface area (Å²) in [5.74, 6) is 0.415. The van der Waals surface area contributed by atoms with Crippen LogP contribution in [0.5, 0.6) is 0 Å². The zero-order valence-corrected chi connectivity index (χ0v) is 12.3. The maximum atomic E-state index is 12.1. The molecule has 1 aliphatic rings. The van der Waals surface area contributed by atoms with Crippen molar-refractivity contribution in [1.82, 2.24) is 15.6 Å². The van der Waals surface area contributed by atoms with Gasteiger partial charge in [0.15, 0.2) is 0 Å². The molecule has 0 aromatic carbocycles. The normalized spacial score (nSPS) is 23.7. The van der Waals surface area contributed by atoms with Gasteiger partial charge in [0.2, 0.25) is 0 Å². The van der Waals surface area contributed by atoms with Crippen LogP contribution in [0.4, 0.5) is 0 Å². The first-order chi connectivity index (χ1) is 8.58. The van der Waals surface area contributed by atoms with Crippen LogP contribution in [0.2, 0.25) is 0 Å². The van der Waals surface area contributed by atoms with E-state index in [1.54, 1.807) is 6.07 Å². The Labute approximate surface area is 116 Å². The fraction of sp³-hybridized carbons (Fsp3) is 0.538. The Morgan fingerprint density at radius 1 is 1.56 bits per heavy atom. The molecule has 5 heteroatoms. The van der Waals surface area contributed by atoms with Gasteiger partial charge in [-0.1, -0.05) is 6.92 Å². The van der Waals surface area contributed by atoms with Crippen LogP contribution < -0.4 is 10.6 Å². The molecule has 1 aliphatic heterocycles. The second-order valence-electron chi connectivity index (χ2n) is 4.81. The summed E-state index contributed by atoms with van der Waals surface area (Å²) in [7, 11) is 0. The monoisotopic (exact) mass is 311 g/mol. The number of pyridine rings is 1. The number of halogens is 1. The molecule has 0 aliphatic carbocycles. The van der Waals surface area contributed by atoms with Gasteiger partial charge >= 0.3 is 0 Å². The molecule has 2 unspecified atom stereocenters. The summed E-state index contributed by atoms with van der Waals surface area (Å²) in [4.78, 5) is 16.4. The third-order valence-corrected chi connectivity index (χ3v) is 4.24. The molecular formula is C13H18BrN3O. The molecule has 0 bridgehead atoms. The van der Waals surface area contributed by atoms with Crippen molar-refractivity contribution >= 4 is 21.8 Å². The molecule has 0 spiro atoms. The molecule has 1 aromatic rings. The van der Waals surface area contributed by atoms with Crippen molar-refractivity contribution < 1.29 is 4.79 Å². The zero-order chi connectivity index (χ0) is 13.1. The average molecular weight is 312 g/mol. The van der Waals surface area contributed by atoms with E-state index in [4.69, 9.17) is 0 Å². The van der Waals surface area contributed by atoms with Crippen LogP contribution in [-0.2, 0) is 0 Å². The van der Waals surface area contributed by atoms with Crippen LogP contribution in [0, 0.1) is 12.8 Å². The van der Waals surface area contributed by atoms with E-state index in [0.29, 0.717) is 11.6 Å². The molecule has 2 rings (SSSR count). The van der Waals surface area contributed by atoms with Gasteiger partial charge in [-0.25, -0.2) is 4.98 Å². The predicted molar refractivity (Wildman–Crippen MR) is 74.6 cm³/mol. The third kappa shape index (κ3) is 3.09. The first-order valence-electron chi connectivity index (χ1n) is 6.22. The summed E-state index contributed by atoms with van der Waals surface area (Å²) in [6.45, 7) is 5.92. The Bertz CT molecular complexity index is 450. The van der Waals surface area contributed by atoms with Gasteiger partial charge in [0.25, 0.3) is 5.91 Å². The van der Waals surface area contributed by atoms with E-state index in [0.717, 1.165) is 29.7 Å². The van der Waals surface area contributed by atoms with E-state index in [-0.39, 0.29) is 11.9 Å². The molecule has 0 radical (unpaired) electrons. The van der Waals surface area contributed by atoms with Crippen LogP contribution in [0.3, 0.4) is 0 Å². The van der Waals surface area contributed by atoms with Gasteiger partial charge < -0.3 is 10.6 Å². The van der Waals surface area contributed by atoms with E-state index < -0.39 is 0 Å². The van der Waals surface area contributed by atoms with Gasteiger partial charge in [0, 0.05) is 17.1 Å². The molecule has 1 amide bonds. The van der Waals surface area contributed by atoms with Crippen molar-refractivity contribution in [1.29, 1.82) is 0 Å².